The van der Waals surface area contributed by atoms with Crippen LogP contribution in [0.5, 0.6) is 0 Å². The second kappa shape index (κ2) is 3.22. The van der Waals surface area contributed by atoms with Crippen LogP contribution in [0.4, 0.5) is 0 Å². The van der Waals surface area contributed by atoms with Gasteiger partial charge in [0.2, 0.25) is 0 Å². The van der Waals surface area contributed by atoms with Crippen LogP contribution in [0, 0.1) is 0 Å². The summed E-state index contributed by atoms with van der Waals surface area (Å²) in [5.74, 6) is 0.0463. The highest BCUT2D eigenvalue weighted by Gasteiger charge is 2.34. The number of hydrogen-bond acceptors (Lipinski definition) is 1. The van der Waals surface area contributed by atoms with E-state index in [2.05, 4.69) is 34.0 Å². The van der Waals surface area contributed by atoms with Gasteiger partial charge in [-0.25, -0.2) is 0 Å². The number of carbonyl (C=O) groups excluding carboxylic acids is 1. The molecule has 2 nitrogen and oxygen atoms in total. The maximum atomic E-state index is 11.6. The predicted octanol–water partition coefficient (Wildman–Crippen LogP) is 2.60. The van der Waals surface area contributed by atoms with Crippen LogP contribution >= 0.6 is 22.6 Å². The molecule has 0 aliphatic carbocycles. The molecule has 0 spiro atoms. The van der Waals surface area contributed by atoms with Crippen molar-refractivity contribution >= 4 is 28.5 Å². The summed E-state index contributed by atoms with van der Waals surface area (Å²) in [6, 6.07) is 6.07. The maximum absolute atomic E-state index is 11.6. The van der Waals surface area contributed by atoms with Crippen molar-refractivity contribution in [2.45, 2.75) is 23.8 Å². The molecular weight excluding hydrogens is 289 g/mol. The Labute approximate surface area is 97.2 Å². The average molecular weight is 301 g/mol. The van der Waals surface area contributed by atoms with Gasteiger partial charge in [0.05, 0.1) is 5.54 Å². The lowest BCUT2D eigenvalue weighted by Gasteiger charge is -2.19. The van der Waals surface area contributed by atoms with Gasteiger partial charge in [-0.3, -0.25) is 4.79 Å². The Hall–Kier alpha value is -0.580. The third-order valence-corrected chi connectivity index (χ3v) is 3.46. The Kier molecular flexibility index (Phi) is 2.29. The zero-order valence-corrected chi connectivity index (χ0v) is 10.4. The summed E-state index contributed by atoms with van der Waals surface area (Å²) in [5.41, 5.74) is 3.00. The second-order valence-electron chi connectivity index (χ2n) is 4.09. The monoisotopic (exact) mass is 301 g/mol. The molecule has 1 aromatic rings. The molecule has 0 radical (unpaired) electrons. The second-order valence-corrected chi connectivity index (χ2v) is 4.86. The molecule has 0 aromatic heterocycles. The van der Waals surface area contributed by atoms with Gasteiger partial charge in [-0.05, 0) is 31.0 Å². The number of alkyl halides is 1. The van der Waals surface area contributed by atoms with E-state index in [4.69, 9.17) is 0 Å². The van der Waals surface area contributed by atoms with Gasteiger partial charge >= 0.3 is 0 Å². The van der Waals surface area contributed by atoms with Crippen molar-refractivity contribution in [2.24, 2.45) is 0 Å². The van der Waals surface area contributed by atoms with E-state index in [0.29, 0.717) is 0 Å². The SMILES string of the molecule is CC1(C)NC(=O)c2ccc(CI)cc21. The van der Waals surface area contributed by atoms with Crippen molar-refractivity contribution in [3.05, 3.63) is 34.9 Å². The largest absolute Gasteiger partial charge is 0.343 e. The summed E-state index contributed by atoms with van der Waals surface area (Å²) in [6.45, 7) is 4.07. The van der Waals surface area contributed by atoms with Crippen LogP contribution in [-0.2, 0) is 9.97 Å². The number of halogens is 1. The fourth-order valence-corrected chi connectivity index (χ4v) is 2.28. The normalized spacial score (nSPS) is 17.8. The van der Waals surface area contributed by atoms with Crippen LogP contribution in [0.25, 0.3) is 0 Å². The molecule has 0 unspecified atom stereocenters. The van der Waals surface area contributed by atoms with Crippen molar-refractivity contribution in [1.29, 1.82) is 0 Å². The van der Waals surface area contributed by atoms with E-state index >= 15 is 0 Å². The highest BCUT2D eigenvalue weighted by Crippen LogP contribution is 2.31. The molecule has 0 fully saturated rings. The molecule has 3 heteroatoms. The van der Waals surface area contributed by atoms with Crippen LogP contribution < -0.4 is 5.32 Å². The van der Waals surface area contributed by atoms with Crippen LogP contribution in [-0.4, -0.2) is 5.91 Å². The van der Waals surface area contributed by atoms with Gasteiger partial charge in [0.15, 0.2) is 0 Å². The molecule has 1 aliphatic rings. The Balaban J connectivity index is 2.59. The number of fused-ring (bicyclic) bond motifs is 1. The molecule has 0 bridgehead atoms. The van der Waals surface area contributed by atoms with Crippen molar-refractivity contribution in [1.82, 2.24) is 5.32 Å². The molecule has 0 saturated carbocycles. The Morgan fingerprint density at radius 1 is 1.43 bits per heavy atom. The maximum Gasteiger partial charge on any atom is 0.252 e. The predicted molar refractivity (Wildman–Crippen MR) is 64.7 cm³/mol. The summed E-state index contributed by atoms with van der Waals surface area (Å²) >= 11 is 2.33. The van der Waals surface area contributed by atoms with E-state index < -0.39 is 0 Å². The van der Waals surface area contributed by atoms with Crippen LogP contribution in [0.1, 0.15) is 35.3 Å². The third kappa shape index (κ3) is 1.43. The van der Waals surface area contributed by atoms with E-state index in [1.165, 1.54) is 5.56 Å². The quantitative estimate of drug-likeness (QED) is 0.627. The van der Waals surface area contributed by atoms with Crippen molar-refractivity contribution in [2.75, 3.05) is 0 Å². The zero-order valence-electron chi connectivity index (χ0n) is 8.23. The van der Waals surface area contributed by atoms with E-state index in [1.807, 2.05) is 26.0 Å². The standard InChI is InChI=1S/C11H12INO/c1-11(2)9-5-7(6-12)3-4-8(9)10(14)13-11/h3-5H,6H2,1-2H3,(H,13,14). The minimum absolute atomic E-state index is 0.0463. The van der Waals surface area contributed by atoms with Gasteiger partial charge in [0.1, 0.15) is 0 Å². The first-order valence-electron chi connectivity index (χ1n) is 4.56. The van der Waals surface area contributed by atoms with E-state index in [9.17, 15) is 4.79 Å². The number of carbonyl (C=O) groups is 1. The molecule has 1 N–H and O–H groups in total. The van der Waals surface area contributed by atoms with Crippen LogP contribution in [0.15, 0.2) is 18.2 Å². The van der Waals surface area contributed by atoms with E-state index in [1.54, 1.807) is 0 Å². The number of benzene rings is 1. The lowest BCUT2D eigenvalue weighted by atomic mass is 9.93. The lowest BCUT2D eigenvalue weighted by molar-refractivity contribution is 0.0940. The molecule has 1 heterocycles. The number of amides is 1. The minimum Gasteiger partial charge on any atom is -0.343 e. The van der Waals surface area contributed by atoms with E-state index in [0.717, 1.165) is 15.6 Å². The molecule has 0 atom stereocenters. The highest BCUT2D eigenvalue weighted by molar-refractivity contribution is 14.1. The Morgan fingerprint density at radius 3 is 2.79 bits per heavy atom. The topological polar surface area (TPSA) is 29.1 Å². The Bertz CT molecular complexity index is 398. The van der Waals surface area contributed by atoms with Crippen LogP contribution in [0.3, 0.4) is 0 Å². The number of hydrogen-bond donors (Lipinski definition) is 1. The van der Waals surface area contributed by atoms with E-state index in [-0.39, 0.29) is 11.4 Å². The van der Waals surface area contributed by atoms with Crippen molar-refractivity contribution in [3.8, 4) is 0 Å². The fourth-order valence-electron chi connectivity index (χ4n) is 1.81. The highest BCUT2D eigenvalue weighted by atomic mass is 127. The molecule has 1 aromatic carbocycles. The molecular formula is C11H12INO. The summed E-state index contributed by atoms with van der Waals surface area (Å²) in [4.78, 5) is 11.6. The zero-order chi connectivity index (χ0) is 10.3. The fraction of sp³-hybridized carbons (Fsp3) is 0.364. The molecule has 1 amide bonds. The van der Waals surface area contributed by atoms with Gasteiger partial charge in [0.25, 0.3) is 5.91 Å². The van der Waals surface area contributed by atoms with Gasteiger partial charge in [0, 0.05) is 9.99 Å². The molecule has 74 valence electrons. The molecule has 0 saturated heterocycles. The molecule has 14 heavy (non-hydrogen) atoms. The molecule has 1 aliphatic heterocycles. The third-order valence-electron chi connectivity index (χ3n) is 2.58. The summed E-state index contributed by atoms with van der Waals surface area (Å²) < 4.78 is 0.981. The smallest absolute Gasteiger partial charge is 0.252 e. The van der Waals surface area contributed by atoms with Crippen molar-refractivity contribution in [3.63, 3.8) is 0 Å². The summed E-state index contributed by atoms with van der Waals surface area (Å²) in [7, 11) is 0. The van der Waals surface area contributed by atoms with Gasteiger partial charge in [-0.15, -0.1) is 0 Å². The van der Waals surface area contributed by atoms with Crippen molar-refractivity contribution < 1.29 is 4.79 Å². The first-order valence-corrected chi connectivity index (χ1v) is 6.09. The average Bonchev–Trinajstić information content (AvgIpc) is 2.37. The van der Waals surface area contributed by atoms with Gasteiger partial charge in [-0.1, -0.05) is 34.7 Å². The van der Waals surface area contributed by atoms with Gasteiger partial charge in [-0.2, -0.15) is 0 Å². The molecule has 2 rings (SSSR count). The van der Waals surface area contributed by atoms with Gasteiger partial charge < -0.3 is 5.32 Å². The lowest BCUT2D eigenvalue weighted by Crippen LogP contribution is -2.32. The first-order chi connectivity index (χ1) is 6.54. The number of rotatable bonds is 1. The Morgan fingerprint density at radius 2 is 2.14 bits per heavy atom. The van der Waals surface area contributed by atoms with Crippen LogP contribution in [0.2, 0.25) is 0 Å². The summed E-state index contributed by atoms with van der Waals surface area (Å²) in [6.07, 6.45) is 0. The summed E-state index contributed by atoms with van der Waals surface area (Å²) in [5, 5.41) is 2.97. The minimum atomic E-state index is -0.214. The first kappa shape index (κ1) is 9.96. The number of nitrogens with one attached hydrogen (secondary N) is 1.